The molecule has 2 amide bonds. The van der Waals surface area contributed by atoms with Gasteiger partial charge in [-0.2, -0.15) is 0 Å². The Labute approximate surface area is 96.0 Å². The Morgan fingerprint density at radius 1 is 1.24 bits per heavy atom. The fourth-order valence-corrected chi connectivity index (χ4v) is 1.79. The number of rotatable bonds is 1. The molecule has 1 saturated heterocycles. The largest absolute Gasteiger partial charge is 0.345 e. The Bertz CT molecular complexity index is 504. The molecule has 90 valence electrons. The van der Waals surface area contributed by atoms with Gasteiger partial charge in [0, 0.05) is 18.2 Å². The molecule has 2 rings (SSSR count). The number of carbonyl (C=O) groups is 2. The first-order chi connectivity index (χ1) is 7.92. The molecule has 1 fully saturated rings. The molecule has 4 nitrogen and oxygen atoms in total. The van der Waals surface area contributed by atoms with Crippen LogP contribution in [-0.4, -0.2) is 18.4 Å². The van der Waals surface area contributed by atoms with Crippen LogP contribution >= 0.6 is 0 Å². The highest BCUT2D eigenvalue weighted by atomic mass is 19.1. The number of hydrogen-bond donors (Lipinski definition) is 2. The molecule has 0 bridgehead atoms. The predicted molar refractivity (Wildman–Crippen MR) is 54.9 cm³/mol. The van der Waals surface area contributed by atoms with E-state index in [1.807, 2.05) is 0 Å². The van der Waals surface area contributed by atoms with E-state index in [4.69, 9.17) is 0 Å². The smallest absolute Gasteiger partial charge is 0.310 e. The lowest BCUT2D eigenvalue weighted by Gasteiger charge is -2.35. The molecule has 0 aromatic heterocycles. The molecule has 1 aromatic rings. The van der Waals surface area contributed by atoms with Crippen molar-refractivity contribution in [2.24, 2.45) is 0 Å². The van der Waals surface area contributed by atoms with Gasteiger partial charge in [0.15, 0.2) is 0 Å². The first-order valence-corrected chi connectivity index (χ1v) is 4.98. The van der Waals surface area contributed by atoms with Crippen molar-refractivity contribution >= 4 is 11.8 Å². The average Bonchev–Trinajstić information content (AvgIpc) is 2.24. The minimum atomic E-state index is -1.07. The quantitative estimate of drug-likeness (QED) is 0.699. The summed E-state index contributed by atoms with van der Waals surface area (Å²) in [6.45, 7) is 1.61. The number of benzene rings is 1. The molecule has 1 aromatic carbocycles. The monoisotopic (exact) mass is 240 g/mol. The zero-order chi connectivity index (χ0) is 12.6. The van der Waals surface area contributed by atoms with Crippen molar-refractivity contribution in [3.63, 3.8) is 0 Å². The topological polar surface area (TPSA) is 58.2 Å². The van der Waals surface area contributed by atoms with Crippen molar-refractivity contribution in [1.29, 1.82) is 0 Å². The lowest BCUT2D eigenvalue weighted by Crippen LogP contribution is -2.61. The van der Waals surface area contributed by atoms with E-state index < -0.39 is 29.0 Å². The Morgan fingerprint density at radius 3 is 2.53 bits per heavy atom. The fraction of sp³-hybridized carbons (Fsp3) is 0.273. The summed E-state index contributed by atoms with van der Waals surface area (Å²) in [6, 6.07) is 3.10. The van der Waals surface area contributed by atoms with Gasteiger partial charge in [-0.15, -0.1) is 0 Å². The summed E-state index contributed by atoms with van der Waals surface area (Å²) in [5.41, 5.74) is -0.935. The molecular formula is C11H10F2N2O2. The predicted octanol–water partition coefficient (Wildman–Crippen LogP) is 0.426. The molecule has 1 aliphatic heterocycles. The molecule has 1 heterocycles. The van der Waals surface area contributed by atoms with E-state index >= 15 is 0 Å². The van der Waals surface area contributed by atoms with Gasteiger partial charge in [-0.05, 0) is 13.0 Å². The normalized spacial score (nSPS) is 24.2. The highest BCUT2D eigenvalue weighted by molar-refractivity contribution is 6.35. The number of carbonyl (C=O) groups excluding carboxylic acids is 2. The van der Waals surface area contributed by atoms with Gasteiger partial charge in [0.05, 0.1) is 5.54 Å². The lowest BCUT2D eigenvalue weighted by atomic mass is 9.89. The third-order valence-corrected chi connectivity index (χ3v) is 2.72. The molecule has 2 N–H and O–H groups in total. The van der Waals surface area contributed by atoms with Crippen LogP contribution in [0.5, 0.6) is 0 Å². The van der Waals surface area contributed by atoms with Crippen molar-refractivity contribution in [3.8, 4) is 0 Å². The summed E-state index contributed by atoms with van der Waals surface area (Å²) >= 11 is 0. The van der Waals surface area contributed by atoms with Gasteiger partial charge in [0.2, 0.25) is 0 Å². The Hall–Kier alpha value is -1.98. The minimum absolute atomic E-state index is 0.0557. The lowest BCUT2D eigenvalue weighted by molar-refractivity contribution is -0.142. The van der Waals surface area contributed by atoms with E-state index in [0.29, 0.717) is 0 Å². The molecule has 6 heteroatoms. The Balaban J connectivity index is 2.38. The number of piperazine rings is 1. The SMILES string of the molecule is CC1(c2ccc(F)cc2F)CNC(=O)C(=O)N1. The standard InChI is InChI=1S/C11H10F2N2O2/c1-11(5-14-9(16)10(17)15-11)7-3-2-6(12)4-8(7)13/h2-4H,5H2,1H3,(H,14,16)(H,15,17). The van der Waals surface area contributed by atoms with Crippen LogP contribution in [-0.2, 0) is 15.1 Å². The number of hydrogen-bond acceptors (Lipinski definition) is 2. The summed E-state index contributed by atoms with van der Waals surface area (Å²) in [5, 5.41) is 4.76. The van der Waals surface area contributed by atoms with Crippen LogP contribution in [0.3, 0.4) is 0 Å². The second kappa shape index (κ2) is 3.80. The number of amides is 2. The second-order valence-electron chi connectivity index (χ2n) is 4.09. The van der Waals surface area contributed by atoms with Crippen molar-refractivity contribution in [3.05, 3.63) is 35.4 Å². The molecule has 1 aliphatic rings. The van der Waals surface area contributed by atoms with Crippen molar-refractivity contribution in [1.82, 2.24) is 10.6 Å². The van der Waals surface area contributed by atoms with Crippen LogP contribution in [0, 0.1) is 11.6 Å². The third kappa shape index (κ3) is 1.98. The van der Waals surface area contributed by atoms with Crippen molar-refractivity contribution in [2.75, 3.05) is 6.54 Å². The summed E-state index contributed by atoms with van der Waals surface area (Å²) in [5.74, 6) is -3.04. The Morgan fingerprint density at radius 2 is 1.94 bits per heavy atom. The van der Waals surface area contributed by atoms with Gasteiger partial charge in [-0.3, -0.25) is 9.59 Å². The van der Waals surface area contributed by atoms with E-state index in [1.165, 1.54) is 6.07 Å². The van der Waals surface area contributed by atoms with E-state index in [9.17, 15) is 18.4 Å². The maximum Gasteiger partial charge on any atom is 0.310 e. The highest BCUT2D eigenvalue weighted by Crippen LogP contribution is 2.25. The van der Waals surface area contributed by atoms with Crippen LogP contribution in [0.15, 0.2) is 18.2 Å². The molecule has 0 saturated carbocycles. The van der Waals surface area contributed by atoms with Crippen LogP contribution in [0.25, 0.3) is 0 Å². The Kier molecular flexibility index (Phi) is 2.57. The molecule has 17 heavy (non-hydrogen) atoms. The van der Waals surface area contributed by atoms with Crippen LogP contribution in [0.4, 0.5) is 8.78 Å². The average molecular weight is 240 g/mol. The van der Waals surface area contributed by atoms with Gasteiger partial charge in [-0.25, -0.2) is 8.78 Å². The first-order valence-electron chi connectivity index (χ1n) is 4.98. The number of halogens is 2. The van der Waals surface area contributed by atoms with Crippen LogP contribution in [0.1, 0.15) is 12.5 Å². The number of nitrogens with one attached hydrogen (secondary N) is 2. The molecular weight excluding hydrogens is 230 g/mol. The zero-order valence-corrected chi connectivity index (χ0v) is 9.01. The van der Waals surface area contributed by atoms with E-state index in [0.717, 1.165) is 12.1 Å². The summed E-state index contributed by atoms with van der Waals surface area (Å²) in [4.78, 5) is 22.2. The van der Waals surface area contributed by atoms with Crippen molar-refractivity contribution in [2.45, 2.75) is 12.5 Å². The first kappa shape index (κ1) is 11.5. The molecule has 1 unspecified atom stereocenters. The van der Waals surface area contributed by atoms with E-state index in [1.54, 1.807) is 6.92 Å². The maximum absolute atomic E-state index is 13.6. The van der Waals surface area contributed by atoms with Crippen molar-refractivity contribution < 1.29 is 18.4 Å². The third-order valence-electron chi connectivity index (χ3n) is 2.72. The maximum atomic E-state index is 13.6. The van der Waals surface area contributed by atoms with Gasteiger partial charge in [0.1, 0.15) is 11.6 Å². The summed E-state index contributed by atoms with van der Waals surface area (Å²) in [6.07, 6.45) is 0. The summed E-state index contributed by atoms with van der Waals surface area (Å²) < 4.78 is 26.4. The van der Waals surface area contributed by atoms with E-state index in [-0.39, 0.29) is 12.1 Å². The molecule has 1 atom stereocenters. The molecule has 0 spiro atoms. The van der Waals surface area contributed by atoms with Gasteiger partial charge in [-0.1, -0.05) is 6.07 Å². The van der Waals surface area contributed by atoms with Crippen LogP contribution < -0.4 is 10.6 Å². The van der Waals surface area contributed by atoms with Crippen LogP contribution in [0.2, 0.25) is 0 Å². The summed E-state index contributed by atoms with van der Waals surface area (Å²) in [7, 11) is 0. The van der Waals surface area contributed by atoms with Gasteiger partial charge < -0.3 is 10.6 Å². The minimum Gasteiger partial charge on any atom is -0.345 e. The van der Waals surface area contributed by atoms with E-state index in [2.05, 4.69) is 10.6 Å². The van der Waals surface area contributed by atoms with Gasteiger partial charge in [0.25, 0.3) is 0 Å². The fourth-order valence-electron chi connectivity index (χ4n) is 1.79. The second-order valence-corrected chi connectivity index (χ2v) is 4.09. The highest BCUT2D eigenvalue weighted by Gasteiger charge is 2.37. The molecule has 0 aliphatic carbocycles. The van der Waals surface area contributed by atoms with Gasteiger partial charge >= 0.3 is 11.8 Å². The zero-order valence-electron chi connectivity index (χ0n) is 9.01. The molecule has 0 radical (unpaired) electrons.